The highest BCUT2D eigenvalue weighted by Gasteiger charge is 1.99. The Kier molecular flexibility index (Phi) is 11.0. The molecule has 0 saturated heterocycles. The summed E-state index contributed by atoms with van der Waals surface area (Å²) < 4.78 is 10.2. The highest BCUT2D eigenvalue weighted by Crippen LogP contribution is 1.90. The lowest BCUT2D eigenvalue weighted by atomic mass is 10.3. The Hall–Kier alpha value is -0.610. The first-order valence-electron chi connectivity index (χ1n) is 5.75. The van der Waals surface area contributed by atoms with Gasteiger partial charge in [-0.2, -0.15) is 0 Å². The average Bonchev–Trinajstić information content (AvgIpc) is 2.22. The van der Waals surface area contributed by atoms with E-state index in [1.807, 2.05) is 6.92 Å². The first kappa shape index (κ1) is 14.4. The van der Waals surface area contributed by atoms with Gasteiger partial charge in [-0.05, 0) is 19.4 Å². The number of esters is 1. The van der Waals surface area contributed by atoms with E-state index < -0.39 is 0 Å². The summed E-state index contributed by atoms with van der Waals surface area (Å²) in [6, 6.07) is 0. The maximum atomic E-state index is 10.9. The van der Waals surface area contributed by atoms with E-state index in [0.29, 0.717) is 26.2 Å². The number of ether oxygens (including phenoxy) is 2. The van der Waals surface area contributed by atoms with Gasteiger partial charge in [0.15, 0.2) is 0 Å². The minimum absolute atomic E-state index is 0.134. The minimum Gasteiger partial charge on any atom is -0.463 e. The molecule has 0 bridgehead atoms. The van der Waals surface area contributed by atoms with Crippen molar-refractivity contribution in [2.45, 2.75) is 33.1 Å². The topological polar surface area (TPSA) is 47.6 Å². The van der Waals surface area contributed by atoms with Crippen molar-refractivity contribution in [3.8, 4) is 0 Å². The van der Waals surface area contributed by atoms with Crippen molar-refractivity contribution in [2.24, 2.45) is 0 Å². The molecule has 1 N–H and O–H groups in total. The summed E-state index contributed by atoms with van der Waals surface area (Å²) in [6.07, 6.45) is 2.47. The van der Waals surface area contributed by atoms with E-state index in [0.717, 1.165) is 25.9 Å². The van der Waals surface area contributed by atoms with Crippen molar-refractivity contribution in [3.63, 3.8) is 0 Å². The molecule has 0 aromatic rings. The third kappa shape index (κ3) is 11.3. The monoisotopic (exact) mass is 217 g/mol. The standard InChI is InChI=1S/C11H23NO3/c1-3-5-11(13)15-10-9-14-8-7-12-6-4-2/h12H,3-10H2,1-2H3. The molecule has 0 rings (SSSR count). The second kappa shape index (κ2) is 11.5. The van der Waals surface area contributed by atoms with Crippen LogP contribution in [0.3, 0.4) is 0 Å². The molecule has 0 aliphatic rings. The van der Waals surface area contributed by atoms with E-state index in [1.54, 1.807) is 0 Å². The summed E-state index contributed by atoms with van der Waals surface area (Å²) in [6.45, 7) is 7.49. The average molecular weight is 217 g/mol. The number of nitrogens with one attached hydrogen (secondary N) is 1. The fourth-order valence-corrected chi connectivity index (χ4v) is 1.04. The Labute approximate surface area is 92.3 Å². The molecular formula is C11H23NO3. The largest absolute Gasteiger partial charge is 0.463 e. The zero-order chi connectivity index (χ0) is 11.4. The Bertz CT molecular complexity index is 151. The van der Waals surface area contributed by atoms with Crippen molar-refractivity contribution in [1.82, 2.24) is 5.32 Å². The van der Waals surface area contributed by atoms with Gasteiger partial charge in [0, 0.05) is 13.0 Å². The number of carbonyl (C=O) groups excluding carboxylic acids is 1. The fraction of sp³-hybridized carbons (Fsp3) is 0.909. The predicted octanol–water partition coefficient (Wildman–Crippen LogP) is 1.35. The van der Waals surface area contributed by atoms with Crippen molar-refractivity contribution in [1.29, 1.82) is 0 Å². The molecule has 0 spiro atoms. The van der Waals surface area contributed by atoms with Crippen LogP contribution in [0.1, 0.15) is 33.1 Å². The van der Waals surface area contributed by atoms with Crippen molar-refractivity contribution in [2.75, 3.05) is 32.9 Å². The van der Waals surface area contributed by atoms with Gasteiger partial charge in [0.05, 0.1) is 13.2 Å². The highest BCUT2D eigenvalue weighted by molar-refractivity contribution is 5.69. The lowest BCUT2D eigenvalue weighted by Crippen LogP contribution is -2.21. The van der Waals surface area contributed by atoms with Crippen LogP contribution < -0.4 is 5.32 Å². The first-order chi connectivity index (χ1) is 7.31. The molecule has 0 heterocycles. The van der Waals surface area contributed by atoms with Crippen LogP contribution in [0.4, 0.5) is 0 Å². The molecule has 0 radical (unpaired) electrons. The summed E-state index contributed by atoms with van der Waals surface area (Å²) in [4.78, 5) is 10.9. The Balaban J connectivity index is 3.01. The van der Waals surface area contributed by atoms with Gasteiger partial charge in [0.2, 0.25) is 0 Å². The van der Waals surface area contributed by atoms with Crippen LogP contribution in [-0.4, -0.2) is 38.9 Å². The zero-order valence-corrected chi connectivity index (χ0v) is 9.88. The first-order valence-corrected chi connectivity index (χ1v) is 5.75. The van der Waals surface area contributed by atoms with Crippen LogP contribution in [0.2, 0.25) is 0 Å². The Morgan fingerprint density at radius 3 is 2.53 bits per heavy atom. The van der Waals surface area contributed by atoms with Gasteiger partial charge in [0.1, 0.15) is 6.61 Å². The number of hydrogen-bond acceptors (Lipinski definition) is 4. The minimum atomic E-state index is -0.134. The molecule has 0 aromatic heterocycles. The molecule has 0 aliphatic carbocycles. The Morgan fingerprint density at radius 1 is 1.07 bits per heavy atom. The van der Waals surface area contributed by atoms with Crippen LogP contribution in [0.25, 0.3) is 0 Å². The van der Waals surface area contributed by atoms with Gasteiger partial charge in [-0.25, -0.2) is 0 Å². The van der Waals surface area contributed by atoms with Crippen LogP contribution in [-0.2, 0) is 14.3 Å². The van der Waals surface area contributed by atoms with Gasteiger partial charge < -0.3 is 14.8 Å². The normalized spacial score (nSPS) is 10.3. The molecular weight excluding hydrogens is 194 g/mol. The van der Waals surface area contributed by atoms with Gasteiger partial charge >= 0.3 is 5.97 Å². The molecule has 0 atom stereocenters. The summed E-state index contributed by atoms with van der Waals surface area (Å²) >= 11 is 0. The van der Waals surface area contributed by atoms with Crippen LogP contribution in [0, 0.1) is 0 Å². The van der Waals surface area contributed by atoms with Crippen LogP contribution in [0.5, 0.6) is 0 Å². The van der Waals surface area contributed by atoms with Gasteiger partial charge in [-0.15, -0.1) is 0 Å². The van der Waals surface area contributed by atoms with E-state index in [-0.39, 0.29) is 5.97 Å². The zero-order valence-electron chi connectivity index (χ0n) is 9.88. The predicted molar refractivity (Wildman–Crippen MR) is 59.8 cm³/mol. The second-order valence-corrected chi connectivity index (χ2v) is 3.33. The van der Waals surface area contributed by atoms with Crippen molar-refractivity contribution < 1.29 is 14.3 Å². The van der Waals surface area contributed by atoms with Gasteiger partial charge in [-0.3, -0.25) is 4.79 Å². The van der Waals surface area contributed by atoms with Gasteiger partial charge in [-0.1, -0.05) is 13.8 Å². The molecule has 90 valence electrons. The molecule has 0 amide bonds. The lowest BCUT2D eigenvalue weighted by Gasteiger charge is -2.06. The van der Waals surface area contributed by atoms with Crippen molar-refractivity contribution >= 4 is 5.97 Å². The van der Waals surface area contributed by atoms with Gasteiger partial charge in [0.25, 0.3) is 0 Å². The third-order valence-corrected chi connectivity index (χ3v) is 1.79. The third-order valence-electron chi connectivity index (χ3n) is 1.79. The number of hydrogen-bond donors (Lipinski definition) is 1. The highest BCUT2D eigenvalue weighted by atomic mass is 16.6. The van der Waals surface area contributed by atoms with Crippen LogP contribution >= 0.6 is 0 Å². The number of carbonyl (C=O) groups is 1. The molecule has 0 unspecified atom stereocenters. The maximum absolute atomic E-state index is 10.9. The SMILES string of the molecule is CCCNCCOCCOC(=O)CCC. The molecule has 0 saturated carbocycles. The summed E-state index contributed by atoms with van der Waals surface area (Å²) in [5, 5.41) is 3.22. The number of rotatable bonds is 10. The van der Waals surface area contributed by atoms with Crippen LogP contribution in [0.15, 0.2) is 0 Å². The van der Waals surface area contributed by atoms with E-state index >= 15 is 0 Å². The molecule has 4 nitrogen and oxygen atoms in total. The van der Waals surface area contributed by atoms with E-state index in [4.69, 9.17) is 9.47 Å². The maximum Gasteiger partial charge on any atom is 0.305 e. The fourth-order valence-electron chi connectivity index (χ4n) is 1.04. The molecule has 0 aliphatic heterocycles. The molecule has 0 fully saturated rings. The smallest absolute Gasteiger partial charge is 0.305 e. The molecule has 4 heteroatoms. The second-order valence-electron chi connectivity index (χ2n) is 3.33. The van der Waals surface area contributed by atoms with E-state index in [1.165, 1.54) is 0 Å². The summed E-state index contributed by atoms with van der Waals surface area (Å²) in [5.74, 6) is -0.134. The molecule has 15 heavy (non-hydrogen) atoms. The lowest BCUT2D eigenvalue weighted by molar-refractivity contribution is -0.145. The van der Waals surface area contributed by atoms with E-state index in [2.05, 4.69) is 12.2 Å². The van der Waals surface area contributed by atoms with E-state index in [9.17, 15) is 4.79 Å². The summed E-state index contributed by atoms with van der Waals surface area (Å²) in [7, 11) is 0. The summed E-state index contributed by atoms with van der Waals surface area (Å²) in [5.41, 5.74) is 0. The van der Waals surface area contributed by atoms with Crippen molar-refractivity contribution in [3.05, 3.63) is 0 Å². The Morgan fingerprint density at radius 2 is 1.87 bits per heavy atom. The quantitative estimate of drug-likeness (QED) is 0.443. The molecule has 0 aromatic carbocycles.